The van der Waals surface area contributed by atoms with Gasteiger partial charge in [-0.2, -0.15) is 0 Å². The van der Waals surface area contributed by atoms with Gasteiger partial charge in [0, 0.05) is 6.61 Å². The Hall–Kier alpha value is -2.41. The fraction of sp³-hybridized carbons (Fsp3) is 0.357. The van der Waals surface area contributed by atoms with Crippen molar-refractivity contribution in [3.05, 3.63) is 24.3 Å². The van der Waals surface area contributed by atoms with Crippen LogP contribution >= 0.6 is 0 Å². The Morgan fingerprint density at radius 2 is 2.05 bits per heavy atom. The number of nitrogens with one attached hydrogen (secondary N) is 1. The zero-order chi connectivity index (χ0) is 15.2. The molecule has 0 unspecified atom stereocenters. The number of amides is 2. The molecule has 1 heterocycles. The van der Waals surface area contributed by atoms with Crippen molar-refractivity contribution >= 4 is 29.2 Å². The van der Waals surface area contributed by atoms with Crippen molar-refractivity contribution in [2.24, 2.45) is 0 Å². The second-order valence-electron chi connectivity index (χ2n) is 4.34. The third kappa shape index (κ3) is 3.79. The number of benzene rings is 1. The van der Waals surface area contributed by atoms with Gasteiger partial charge in [0.25, 0.3) is 5.91 Å². The van der Waals surface area contributed by atoms with Crippen LogP contribution in [0, 0.1) is 0 Å². The first-order chi connectivity index (χ1) is 10.1. The zero-order valence-electron chi connectivity index (χ0n) is 11.6. The first-order valence-electron chi connectivity index (χ1n) is 6.54. The second-order valence-corrected chi connectivity index (χ2v) is 4.34. The molecule has 1 aliphatic rings. The topological polar surface area (TPSA) is 84.9 Å². The van der Waals surface area contributed by atoms with Crippen LogP contribution in [0.2, 0.25) is 0 Å². The summed E-state index contributed by atoms with van der Waals surface area (Å²) in [5.41, 5.74) is 1.14. The third-order valence-corrected chi connectivity index (χ3v) is 2.85. The predicted molar refractivity (Wildman–Crippen MR) is 74.9 cm³/mol. The maximum Gasteiger partial charge on any atom is 0.332 e. The Morgan fingerprint density at radius 1 is 1.29 bits per heavy atom. The fourth-order valence-corrected chi connectivity index (χ4v) is 1.90. The highest BCUT2D eigenvalue weighted by atomic mass is 16.6. The van der Waals surface area contributed by atoms with Crippen LogP contribution < -0.4 is 10.2 Å². The highest BCUT2D eigenvalue weighted by Crippen LogP contribution is 2.28. The first kappa shape index (κ1) is 15.0. The summed E-state index contributed by atoms with van der Waals surface area (Å²) >= 11 is 0. The number of carbonyl (C=O) groups is 3. The number of para-hydroxylation sites is 2. The van der Waals surface area contributed by atoms with Gasteiger partial charge in [0.15, 0.2) is 6.61 Å². The first-order valence-corrected chi connectivity index (χ1v) is 6.54. The van der Waals surface area contributed by atoms with Crippen molar-refractivity contribution in [2.75, 3.05) is 36.6 Å². The molecular formula is C14H16N2O5. The summed E-state index contributed by atoms with van der Waals surface area (Å²) in [7, 11) is 0. The van der Waals surface area contributed by atoms with E-state index in [1.807, 2.05) is 0 Å². The minimum absolute atomic E-state index is 0.0984. The van der Waals surface area contributed by atoms with E-state index in [1.54, 1.807) is 31.2 Å². The van der Waals surface area contributed by atoms with Crippen molar-refractivity contribution in [1.82, 2.24) is 0 Å². The van der Waals surface area contributed by atoms with E-state index in [0.717, 1.165) is 0 Å². The van der Waals surface area contributed by atoms with Gasteiger partial charge in [0.05, 0.1) is 11.4 Å². The summed E-state index contributed by atoms with van der Waals surface area (Å²) in [5.74, 6) is -1.36. The molecule has 0 saturated heterocycles. The van der Waals surface area contributed by atoms with E-state index < -0.39 is 18.5 Å². The monoisotopic (exact) mass is 292 g/mol. The van der Waals surface area contributed by atoms with Crippen molar-refractivity contribution in [3.63, 3.8) is 0 Å². The van der Waals surface area contributed by atoms with Gasteiger partial charge in [-0.15, -0.1) is 0 Å². The van der Waals surface area contributed by atoms with E-state index in [0.29, 0.717) is 18.0 Å². The maximum atomic E-state index is 12.1. The molecule has 2 amide bonds. The van der Waals surface area contributed by atoms with Crippen LogP contribution in [0.25, 0.3) is 0 Å². The van der Waals surface area contributed by atoms with Crippen LogP contribution in [-0.4, -0.2) is 44.1 Å². The quantitative estimate of drug-likeness (QED) is 0.801. The number of hydrogen-bond donors (Lipinski definition) is 1. The van der Waals surface area contributed by atoms with Crippen LogP contribution in [0.4, 0.5) is 11.4 Å². The maximum absolute atomic E-state index is 12.1. The van der Waals surface area contributed by atoms with E-state index in [2.05, 4.69) is 5.32 Å². The molecule has 0 radical (unpaired) electrons. The molecule has 7 nitrogen and oxygen atoms in total. The van der Waals surface area contributed by atoms with Gasteiger partial charge in [-0.1, -0.05) is 12.1 Å². The van der Waals surface area contributed by atoms with Crippen LogP contribution in [0.1, 0.15) is 6.92 Å². The molecule has 0 spiro atoms. The summed E-state index contributed by atoms with van der Waals surface area (Å²) in [6.45, 7) is 1.43. The van der Waals surface area contributed by atoms with E-state index in [9.17, 15) is 14.4 Å². The van der Waals surface area contributed by atoms with Gasteiger partial charge in [-0.05, 0) is 19.1 Å². The Balaban J connectivity index is 1.99. The number of nitrogens with zero attached hydrogens (tertiary/aromatic N) is 1. The lowest BCUT2D eigenvalue weighted by Gasteiger charge is -2.28. The summed E-state index contributed by atoms with van der Waals surface area (Å²) < 4.78 is 9.71. The predicted octanol–water partition coefficient (Wildman–Crippen LogP) is 0.551. The normalized spacial score (nSPS) is 13.4. The Bertz CT molecular complexity index is 558. The molecule has 0 atom stereocenters. The lowest BCUT2D eigenvalue weighted by atomic mass is 10.2. The standard InChI is InChI=1S/C14H16N2O5/c1-2-20-9-14(19)21-8-13(18)16-7-12(17)15-10-5-3-4-6-11(10)16/h3-6H,2,7-9H2,1H3,(H,15,17). The largest absolute Gasteiger partial charge is 0.454 e. The van der Waals surface area contributed by atoms with E-state index >= 15 is 0 Å². The second kappa shape index (κ2) is 6.85. The molecule has 0 saturated carbocycles. The molecule has 1 aliphatic heterocycles. The average Bonchev–Trinajstić information content (AvgIpc) is 2.49. The molecule has 0 bridgehead atoms. The van der Waals surface area contributed by atoms with Gasteiger partial charge in [0.2, 0.25) is 5.91 Å². The Labute approximate surface area is 121 Å². The average molecular weight is 292 g/mol. The van der Waals surface area contributed by atoms with Gasteiger partial charge in [-0.25, -0.2) is 4.79 Å². The summed E-state index contributed by atoms with van der Waals surface area (Å²) in [6.07, 6.45) is 0. The molecule has 1 aromatic carbocycles. The van der Waals surface area contributed by atoms with E-state index in [1.165, 1.54) is 4.90 Å². The van der Waals surface area contributed by atoms with Crippen LogP contribution in [0.3, 0.4) is 0 Å². The highest BCUT2D eigenvalue weighted by molar-refractivity contribution is 6.10. The number of rotatable bonds is 5. The zero-order valence-corrected chi connectivity index (χ0v) is 11.6. The van der Waals surface area contributed by atoms with Crippen molar-refractivity contribution in [2.45, 2.75) is 6.92 Å². The molecule has 2 rings (SSSR count). The van der Waals surface area contributed by atoms with Crippen molar-refractivity contribution in [1.29, 1.82) is 0 Å². The van der Waals surface area contributed by atoms with Gasteiger partial charge in [-0.3, -0.25) is 14.5 Å². The molecule has 0 aromatic heterocycles. The third-order valence-electron chi connectivity index (χ3n) is 2.85. The van der Waals surface area contributed by atoms with Gasteiger partial charge in [0.1, 0.15) is 13.2 Å². The summed E-state index contributed by atoms with van der Waals surface area (Å²) in [5, 5.41) is 2.68. The molecule has 7 heteroatoms. The summed E-state index contributed by atoms with van der Waals surface area (Å²) in [6, 6.07) is 6.94. The van der Waals surface area contributed by atoms with E-state index in [4.69, 9.17) is 9.47 Å². The molecule has 0 fully saturated rings. The molecule has 1 aromatic rings. The van der Waals surface area contributed by atoms with Crippen LogP contribution in [0.15, 0.2) is 24.3 Å². The van der Waals surface area contributed by atoms with Gasteiger partial charge < -0.3 is 14.8 Å². The molecular weight excluding hydrogens is 276 g/mol. The van der Waals surface area contributed by atoms with Crippen molar-refractivity contribution < 1.29 is 23.9 Å². The van der Waals surface area contributed by atoms with Crippen LogP contribution in [-0.2, 0) is 23.9 Å². The van der Waals surface area contributed by atoms with Crippen LogP contribution in [0.5, 0.6) is 0 Å². The van der Waals surface area contributed by atoms with E-state index in [-0.39, 0.29) is 19.1 Å². The smallest absolute Gasteiger partial charge is 0.332 e. The molecule has 21 heavy (non-hydrogen) atoms. The number of fused-ring (bicyclic) bond motifs is 1. The summed E-state index contributed by atoms with van der Waals surface area (Å²) in [4.78, 5) is 36.3. The number of hydrogen-bond acceptors (Lipinski definition) is 5. The molecule has 0 aliphatic carbocycles. The molecule has 1 N–H and O–H groups in total. The Morgan fingerprint density at radius 3 is 2.81 bits per heavy atom. The minimum Gasteiger partial charge on any atom is -0.454 e. The highest BCUT2D eigenvalue weighted by Gasteiger charge is 2.27. The van der Waals surface area contributed by atoms with Gasteiger partial charge >= 0.3 is 5.97 Å². The minimum atomic E-state index is -0.611. The lowest BCUT2D eigenvalue weighted by molar-refractivity contribution is -0.152. The SMILES string of the molecule is CCOCC(=O)OCC(=O)N1CC(=O)Nc2ccccc21. The lowest BCUT2D eigenvalue weighted by Crippen LogP contribution is -2.44. The number of anilines is 2. The fourth-order valence-electron chi connectivity index (χ4n) is 1.90. The van der Waals surface area contributed by atoms with Crippen molar-refractivity contribution in [3.8, 4) is 0 Å². The Kier molecular flexibility index (Phi) is 4.89. The number of ether oxygens (including phenoxy) is 2. The number of esters is 1. The molecule has 112 valence electrons. The number of carbonyl (C=O) groups excluding carboxylic acids is 3.